The van der Waals surface area contributed by atoms with Gasteiger partial charge >= 0.3 is 0 Å². The molecule has 6 aliphatic rings. The van der Waals surface area contributed by atoms with Crippen LogP contribution in [0.5, 0.6) is 5.88 Å². The highest BCUT2D eigenvalue weighted by molar-refractivity contribution is 5.41. The molecule has 1 aromatic heterocycles. The number of allylic oxidation sites excluding steroid dienone is 4. The summed E-state index contributed by atoms with van der Waals surface area (Å²) in [4.78, 5) is 4.30. The van der Waals surface area contributed by atoms with Crippen molar-refractivity contribution < 1.29 is 4.74 Å². The minimum absolute atomic E-state index is 0.203. The van der Waals surface area contributed by atoms with Crippen LogP contribution in [-0.2, 0) is 0 Å². The summed E-state index contributed by atoms with van der Waals surface area (Å²) in [7, 11) is 0. The molecule has 8 unspecified atom stereocenters. The summed E-state index contributed by atoms with van der Waals surface area (Å²) >= 11 is 0. The van der Waals surface area contributed by atoms with Gasteiger partial charge in [-0.25, -0.2) is 4.98 Å². The molecule has 0 spiro atoms. The molecule has 0 saturated heterocycles. The molecule has 9 atom stereocenters. The van der Waals surface area contributed by atoms with Crippen LogP contribution in [0, 0.1) is 62.6 Å². The monoisotopic (exact) mass is 609 g/mol. The van der Waals surface area contributed by atoms with E-state index in [-0.39, 0.29) is 5.41 Å². The molecule has 1 aromatic rings. The first kappa shape index (κ1) is 31.5. The minimum Gasteiger partial charge on any atom is -0.476 e. The van der Waals surface area contributed by atoms with Crippen LogP contribution in [0.25, 0.3) is 0 Å². The molecule has 1 N–H and O–H groups in total. The van der Waals surface area contributed by atoms with Crippen molar-refractivity contribution in [3.05, 3.63) is 47.2 Å². The highest BCUT2D eigenvalue weighted by atomic mass is 16.5. The van der Waals surface area contributed by atoms with E-state index in [4.69, 9.17) is 4.74 Å². The van der Waals surface area contributed by atoms with Gasteiger partial charge in [0, 0.05) is 11.7 Å². The van der Waals surface area contributed by atoms with Gasteiger partial charge in [-0.05, 0) is 158 Å². The van der Waals surface area contributed by atoms with Crippen molar-refractivity contribution in [1.82, 2.24) is 10.3 Å². The van der Waals surface area contributed by atoms with Gasteiger partial charge in [0.15, 0.2) is 0 Å². The molecule has 1 heterocycles. The Morgan fingerprint density at radius 3 is 2.53 bits per heavy atom. The van der Waals surface area contributed by atoms with Crippen LogP contribution in [-0.4, -0.2) is 23.7 Å². The van der Waals surface area contributed by atoms with Gasteiger partial charge in [0.05, 0.1) is 6.61 Å². The van der Waals surface area contributed by atoms with Gasteiger partial charge in [0.25, 0.3) is 0 Å². The summed E-state index contributed by atoms with van der Waals surface area (Å²) in [5, 5.41) is 13.5. The second kappa shape index (κ2) is 11.2. The van der Waals surface area contributed by atoms with Gasteiger partial charge in [0.2, 0.25) is 5.88 Å². The van der Waals surface area contributed by atoms with Crippen molar-refractivity contribution in [2.45, 2.75) is 131 Å². The van der Waals surface area contributed by atoms with Crippen LogP contribution >= 0.6 is 0 Å². The first-order valence-electron chi connectivity index (χ1n) is 18.7. The zero-order chi connectivity index (χ0) is 31.7. The molecule has 0 aromatic carbocycles. The van der Waals surface area contributed by atoms with Gasteiger partial charge in [-0.15, -0.1) is 0 Å². The van der Waals surface area contributed by atoms with Gasteiger partial charge < -0.3 is 10.1 Å². The summed E-state index contributed by atoms with van der Waals surface area (Å²) in [5.41, 5.74) is 5.72. The Labute approximate surface area is 273 Å². The molecule has 4 fully saturated rings. The van der Waals surface area contributed by atoms with Gasteiger partial charge in [0.1, 0.15) is 11.6 Å². The standard InChI is InChI=1S/C41H59N3O/c1-7-44-41-20-8-11-33(41)32-16-17-35-38(4)21-18-31(37(2,3)34(38)19-22-40(35,6)39(32,5)23-24-41)29-14-12-28(13-15-29)27-45-36-30(26-42)10-9-25-43-36/h9-10,14,18,25,28,32-35,44H,7-8,11-13,15-17,19-24,27H2,1-6H3/t28?,32?,33?,34?,35?,38?,39-,40?,41?/m1/s1. The number of fused-ring (bicyclic) bond motifs is 7. The first-order valence-corrected chi connectivity index (χ1v) is 18.7. The predicted octanol–water partition coefficient (Wildman–Crippen LogP) is 9.81. The summed E-state index contributed by atoms with van der Waals surface area (Å²) in [6.07, 6.45) is 24.4. The highest BCUT2D eigenvalue weighted by Crippen LogP contribution is 2.76. The number of ether oxygens (including phenoxy) is 1. The maximum atomic E-state index is 9.40. The number of hydrogen-bond acceptors (Lipinski definition) is 4. The van der Waals surface area contributed by atoms with Crippen LogP contribution in [0.15, 0.2) is 41.6 Å². The van der Waals surface area contributed by atoms with Crippen molar-refractivity contribution in [3.8, 4) is 11.9 Å². The summed E-state index contributed by atoms with van der Waals surface area (Å²) < 4.78 is 6.04. The average molecular weight is 610 g/mol. The number of nitriles is 1. The average Bonchev–Trinajstić information content (AvgIpc) is 3.45. The summed E-state index contributed by atoms with van der Waals surface area (Å²) in [6.45, 7) is 17.6. The lowest BCUT2D eigenvalue weighted by Crippen LogP contribution is -2.67. The number of rotatable bonds is 6. The van der Waals surface area contributed by atoms with Gasteiger partial charge in [-0.2, -0.15) is 5.26 Å². The Morgan fingerprint density at radius 1 is 0.933 bits per heavy atom. The lowest BCUT2D eigenvalue weighted by atomic mass is 9.33. The van der Waals surface area contributed by atoms with E-state index in [0.29, 0.717) is 45.8 Å². The van der Waals surface area contributed by atoms with Gasteiger partial charge in [-0.3, -0.25) is 0 Å². The molecule has 4 heteroatoms. The molecule has 0 amide bonds. The number of aromatic nitrogens is 1. The Bertz CT molecular complexity index is 1400. The fourth-order valence-corrected chi connectivity index (χ4v) is 13.5. The topological polar surface area (TPSA) is 57.9 Å². The third-order valence-electron chi connectivity index (χ3n) is 15.7. The molecule has 4 saturated carbocycles. The van der Waals surface area contributed by atoms with E-state index in [0.717, 1.165) is 49.5 Å². The predicted molar refractivity (Wildman–Crippen MR) is 183 cm³/mol. The van der Waals surface area contributed by atoms with Crippen LogP contribution < -0.4 is 10.1 Å². The molecule has 4 nitrogen and oxygen atoms in total. The zero-order valence-corrected chi connectivity index (χ0v) is 29.2. The van der Waals surface area contributed by atoms with E-state index < -0.39 is 0 Å². The maximum Gasteiger partial charge on any atom is 0.231 e. The molecule has 244 valence electrons. The van der Waals surface area contributed by atoms with Crippen molar-refractivity contribution >= 4 is 0 Å². The van der Waals surface area contributed by atoms with Crippen LogP contribution in [0.3, 0.4) is 0 Å². The van der Waals surface area contributed by atoms with Crippen LogP contribution in [0.4, 0.5) is 0 Å². The van der Waals surface area contributed by atoms with Crippen molar-refractivity contribution in [1.29, 1.82) is 5.26 Å². The third kappa shape index (κ3) is 4.63. The molecule has 0 bridgehead atoms. The molecule has 0 aliphatic heterocycles. The molecule has 7 rings (SSSR count). The fraction of sp³-hybridized carbons (Fsp3) is 0.756. The van der Waals surface area contributed by atoms with E-state index in [1.165, 1.54) is 64.2 Å². The number of hydrogen-bond donors (Lipinski definition) is 1. The molecule has 0 radical (unpaired) electrons. The van der Waals surface area contributed by atoms with Crippen LogP contribution in [0.2, 0.25) is 0 Å². The number of pyridine rings is 1. The summed E-state index contributed by atoms with van der Waals surface area (Å²) in [5.74, 6) is 4.30. The molecular formula is C41H59N3O. The van der Waals surface area contributed by atoms with Crippen molar-refractivity contribution in [2.75, 3.05) is 13.2 Å². The van der Waals surface area contributed by atoms with E-state index in [9.17, 15) is 5.26 Å². The molecule has 6 aliphatic carbocycles. The lowest BCUT2D eigenvalue weighted by molar-refractivity contribution is -0.218. The Hall–Kier alpha value is -2.12. The summed E-state index contributed by atoms with van der Waals surface area (Å²) in [6, 6.07) is 5.79. The van der Waals surface area contributed by atoms with Gasteiger partial charge in [-0.1, -0.05) is 60.1 Å². The van der Waals surface area contributed by atoms with E-state index in [1.807, 2.05) is 0 Å². The SMILES string of the molecule is CCNC12CCCC1C1CCC3C4(C)CC=C(C5=CCC(COc6ncccc6C#N)CC5)C(C)(C)C4CCC3(C)[C@]1(C)CC2. The molecule has 45 heavy (non-hydrogen) atoms. The second-order valence-electron chi connectivity index (χ2n) is 17.5. The quantitative estimate of drug-likeness (QED) is 0.349. The minimum atomic E-state index is 0.203. The smallest absolute Gasteiger partial charge is 0.231 e. The number of nitrogens with zero attached hydrogens (tertiary/aromatic N) is 2. The maximum absolute atomic E-state index is 9.40. The first-order chi connectivity index (χ1) is 21.5. The highest BCUT2D eigenvalue weighted by Gasteiger charge is 2.69. The third-order valence-corrected chi connectivity index (χ3v) is 15.7. The lowest BCUT2D eigenvalue weighted by Gasteiger charge is -2.72. The largest absolute Gasteiger partial charge is 0.476 e. The van der Waals surface area contributed by atoms with E-state index >= 15 is 0 Å². The Morgan fingerprint density at radius 2 is 1.78 bits per heavy atom. The van der Waals surface area contributed by atoms with Crippen molar-refractivity contribution in [3.63, 3.8) is 0 Å². The van der Waals surface area contributed by atoms with Crippen molar-refractivity contribution in [2.24, 2.45) is 51.2 Å². The second-order valence-corrected chi connectivity index (χ2v) is 17.5. The zero-order valence-electron chi connectivity index (χ0n) is 29.2. The molecular weight excluding hydrogens is 550 g/mol. The Kier molecular flexibility index (Phi) is 7.87. The van der Waals surface area contributed by atoms with E-state index in [1.54, 1.807) is 29.5 Å². The normalized spacial score (nSPS) is 43.4. The fourth-order valence-electron chi connectivity index (χ4n) is 13.5. The van der Waals surface area contributed by atoms with E-state index in [2.05, 4.69) is 70.1 Å². The number of nitrogens with one attached hydrogen (secondary N) is 1. The Balaban J connectivity index is 1.09. The van der Waals surface area contributed by atoms with Crippen LogP contribution in [0.1, 0.15) is 131 Å².